The summed E-state index contributed by atoms with van der Waals surface area (Å²) in [6.45, 7) is 2.27. The molecule has 132 valence electrons. The summed E-state index contributed by atoms with van der Waals surface area (Å²) in [5, 5.41) is 5.42. The summed E-state index contributed by atoms with van der Waals surface area (Å²) in [7, 11) is 0. The fraction of sp³-hybridized carbons (Fsp3) is 0.750. The molecular weight excluding hydrogens is 312 g/mol. The monoisotopic (exact) mass is 336 g/mol. The summed E-state index contributed by atoms with van der Waals surface area (Å²) in [5.74, 6) is -0.679. The molecule has 0 radical (unpaired) electrons. The van der Waals surface area contributed by atoms with Gasteiger partial charge in [-0.15, -0.1) is 0 Å². The van der Waals surface area contributed by atoms with E-state index in [2.05, 4.69) is 10.6 Å². The molecule has 2 aliphatic heterocycles. The predicted octanol–water partition coefficient (Wildman–Crippen LogP) is -1.29. The second-order valence-corrected chi connectivity index (χ2v) is 6.78. The number of rotatable bonds is 2. The van der Waals surface area contributed by atoms with Crippen molar-refractivity contribution in [2.45, 2.75) is 25.7 Å². The first-order valence-electron chi connectivity index (χ1n) is 8.65. The Balaban J connectivity index is 1.59. The Morgan fingerprint density at radius 3 is 1.71 bits per heavy atom. The average Bonchev–Trinajstić information content (AvgIpc) is 2.60. The van der Waals surface area contributed by atoms with Crippen LogP contribution in [0.25, 0.3) is 0 Å². The Kier molecular flexibility index (Phi) is 5.01. The molecule has 8 heteroatoms. The molecule has 0 spiro atoms. The minimum atomic E-state index is -0.197. The summed E-state index contributed by atoms with van der Waals surface area (Å²) in [4.78, 5) is 51.4. The van der Waals surface area contributed by atoms with Gasteiger partial charge in [0.2, 0.25) is 23.6 Å². The Hall–Kier alpha value is -2.12. The van der Waals surface area contributed by atoms with Crippen molar-refractivity contribution in [1.82, 2.24) is 20.4 Å². The lowest BCUT2D eigenvalue weighted by molar-refractivity contribution is -0.146. The Morgan fingerprint density at radius 2 is 1.29 bits per heavy atom. The molecule has 0 bridgehead atoms. The lowest BCUT2D eigenvalue weighted by Gasteiger charge is -2.36. The van der Waals surface area contributed by atoms with E-state index in [0.29, 0.717) is 32.6 Å². The number of carbonyl (C=O) groups is 4. The molecule has 0 aromatic carbocycles. The molecule has 4 amide bonds. The van der Waals surface area contributed by atoms with Crippen LogP contribution in [0.2, 0.25) is 0 Å². The van der Waals surface area contributed by atoms with Gasteiger partial charge in [0, 0.05) is 38.0 Å². The number of hydrogen-bond acceptors (Lipinski definition) is 4. The highest BCUT2D eigenvalue weighted by Gasteiger charge is 2.36. The quantitative estimate of drug-likeness (QED) is 0.655. The van der Waals surface area contributed by atoms with Gasteiger partial charge in [-0.25, -0.2) is 0 Å². The van der Waals surface area contributed by atoms with Crippen LogP contribution in [0.5, 0.6) is 0 Å². The summed E-state index contributed by atoms with van der Waals surface area (Å²) in [6.07, 6.45) is 2.88. The smallest absolute Gasteiger partial charge is 0.239 e. The summed E-state index contributed by atoms with van der Waals surface area (Å²) in [6, 6.07) is 0. The molecule has 0 aromatic rings. The molecule has 2 unspecified atom stereocenters. The molecular formula is C16H24N4O4. The van der Waals surface area contributed by atoms with E-state index in [1.165, 1.54) is 0 Å². The van der Waals surface area contributed by atoms with Crippen LogP contribution >= 0.6 is 0 Å². The van der Waals surface area contributed by atoms with E-state index in [1.807, 2.05) is 0 Å². The van der Waals surface area contributed by atoms with Gasteiger partial charge in [-0.05, 0) is 19.3 Å². The minimum Gasteiger partial charge on any atom is -0.353 e. The number of carbonyl (C=O) groups excluding carboxylic acids is 4. The van der Waals surface area contributed by atoms with Crippen LogP contribution in [0.3, 0.4) is 0 Å². The van der Waals surface area contributed by atoms with Crippen LogP contribution in [0.4, 0.5) is 0 Å². The average molecular weight is 336 g/mol. The van der Waals surface area contributed by atoms with E-state index in [9.17, 15) is 19.2 Å². The third kappa shape index (κ3) is 3.68. The van der Waals surface area contributed by atoms with Crippen molar-refractivity contribution >= 4 is 23.6 Å². The van der Waals surface area contributed by atoms with Crippen LogP contribution in [-0.2, 0) is 19.2 Å². The maximum Gasteiger partial charge on any atom is 0.239 e. The first-order chi connectivity index (χ1) is 11.5. The number of nitrogens with zero attached hydrogens (tertiary/aromatic N) is 2. The molecule has 1 saturated carbocycles. The van der Waals surface area contributed by atoms with E-state index in [-0.39, 0.29) is 48.6 Å². The fourth-order valence-corrected chi connectivity index (χ4v) is 3.81. The van der Waals surface area contributed by atoms with Gasteiger partial charge in [-0.1, -0.05) is 6.42 Å². The van der Waals surface area contributed by atoms with Gasteiger partial charge < -0.3 is 20.4 Å². The first-order valence-corrected chi connectivity index (χ1v) is 8.65. The number of nitrogens with one attached hydrogen (secondary N) is 2. The molecule has 2 atom stereocenters. The first kappa shape index (κ1) is 16.7. The molecule has 3 aliphatic rings. The Labute approximate surface area is 140 Å². The molecule has 3 rings (SSSR count). The van der Waals surface area contributed by atoms with Crippen LogP contribution < -0.4 is 10.6 Å². The number of hydrogen-bond donors (Lipinski definition) is 2. The topological polar surface area (TPSA) is 98.8 Å². The van der Waals surface area contributed by atoms with E-state index in [0.717, 1.165) is 19.3 Å². The van der Waals surface area contributed by atoms with Crippen LogP contribution in [0, 0.1) is 11.8 Å². The molecule has 0 aromatic heterocycles. The second-order valence-electron chi connectivity index (χ2n) is 6.78. The third-order valence-electron chi connectivity index (χ3n) is 5.07. The van der Waals surface area contributed by atoms with Crippen molar-refractivity contribution < 1.29 is 19.2 Å². The highest BCUT2D eigenvalue weighted by atomic mass is 16.2. The molecule has 2 saturated heterocycles. The zero-order valence-corrected chi connectivity index (χ0v) is 13.8. The normalized spacial score (nSPS) is 28.2. The van der Waals surface area contributed by atoms with E-state index < -0.39 is 0 Å². The van der Waals surface area contributed by atoms with Crippen molar-refractivity contribution in [3.8, 4) is 0 Å². The van der Waals surface area contributed by atoms with Crippen molar-refractivity contribution in [2.24, 2.45) is 11.8 Å². The molecule has 2 heterocycles. The number of piperazine rings is 2. The highest BCUT2D eigenvalue weighted by Crippen LogP contribution is 2.32. The standard InChI is InChI=1S/C16H24N4O4/c21-13-9-19(6-4-17-13)15(23)11-2-1-3-12(8-11)16(24)20-7-5-18-14(22)10-20/h11-12H,1-10H2,(H,17,21)(H,18,22). The van der Waals surface area contributed by atoms with Crippen molar-refractivity contribution in [3.05, 3.63) is 0 Å². The lowest BCUT2D eigenvalue weighted by atomic mass is 9.80. The Bertz CT molecular complexity index is 504. The van der Waals surface area contributed by atoms with Crippen LogP contribution in [0.15, 0.2) is 0 Å². The zero-order valence-electron chi connectivity index (χ0n) is 13.8. The summed E-state index contributed by atoms with van der Waals surface area (Å²) in [5.41, 5.74) is 0. The zero-order chi connectivity index (χ0) is 17.1. The molecule has 2 N–H and O–H groups in total. The van der Waals surface area contributed by atoms with Gasteiger partial charge >= 0.3 is 0 Å². The molecule has 1 aliphatic carbocycles. The SMILES string of the molecule is O=C1CN(C(=O)C2CCCC(C(=O)N3CCNC(=O)C3)C2)CCN1. The predicted molar refractivity (Wildman–Crippen MR) is 84.6 cm³/mol. The van der Waals surface area contributed by atoms with E-state index in [1.54, 1.807) is 9.80 Å². The lowest BCUT2D eigenvalue weighted by Crippen LogP contribution is -2.53. The van der Waals surface area contributed by atoms with Crippen LogP contribution in [-0.4, -0.2) is 72.7 Å². The van der Waals surface area contributed by atoms with Gasteiger partial charge in [0.1, 0.15) is 0 Å². The van der Waals surface area contributed by atoms with E-state index in [4.69, 9.17) is 0 Å². The van der Waals surface area contributed by atoms with Gasteiger partial charge in [0.05, 0.1) is 13.1 Å². The van der Waals surface area contributed by atoms with Gasteiger partial charge in [0.15, 0.2) is 0 Å². The minimum absolute atomic E-state index is 0.0151. The Morgan fingerprint density at radius 1 is 0.833 bits per heavy atom. The van der Waals surface area contributed by atoms with Crippen molar-refractivity contribution in [2.75, 3.05) is 39.3 Å². The summed E-state index contributed by atoms with van der Waals surface area (Å²) < 4.78 is 0. The third-order valence-corrected chi connectivity index (χ3v) is 5.07. The van der Waals surface area contributed by atoms with E-state index >= 15 is 0 Å². The maximum atomic E-state index is 12.7. The van der Waals surface area contributed by atoms with Crippen molar-refractivity contribution in [3.63, 3.8) is 0 Å². The van der Waals surface area contributed by atoms with Gasteiger partial charge in [-0.2, -0.15) is 0 Å². The second kappa shape index (κ2) is 7.19. The van der Waals surface area contributed by atoms with Crippen molar-refractivity contribution in [1.29, 1.82) is 0 Å². The molecule has 8 nitrogen and oxygen atoms in total. The van der Waals surface area contributed by atoms with Gasteiger partial charge in [-0.3, -0.25) is 19.2 Å². The highest BCUT2D eigenvalue weighted by molar-refractivity contribution is 5.89. The maximum absolute atomic E-state index is 12.7. The van der Waals surface area contributed by atoms with Crippen LogP contribution in [0.1, 0.15) is 25.7 Å². The molecule has 3 fully saturated rings. The largest absolute Gasteiger partial charge is 0.353 e. The van der Waals surface area contributed by atoms with Gasteiger partial charge in [0.25, 0.3) is 0 Å². The fourth-order valence-electron chi connectivity index (χ4n) is 3.81. The summed E-state index contributed by atoms with van der Waals surface area (Å²) >= 11 is 0. The molecule has 24 heavy (non-hydrogen) atoms. The number of amides is 4.